The lowest BCUT2D eigenvalue weighted by molar-refractivity contribution is -0.123. The monoisotopic (exact) mass is 269 g/mol. The average Bonchev–Trinajstić information content (AvgIpc) is 2.39. The zero-order valence-electron chi connectivity index (χ0n) is 13.3. The third-order valence-electron chi connectivity index (χ3n) is 4.42. The first-order valence-corrected chi connectivity index (χ1v) is 7.58. The van der Waals surface area contributed by atoms with E-state index in [0.717, 1.165) is 26.1 Å². The van der Waals surface area contributed by atoms with Crippen LogP contribution < -0.4 is 10.6 Å². The summed E-state index contributed by atoms with van der Waals surface area (Å²) in [7, 11) is 2.18. The van der Waals surface area contributed by atoms with Crippen LogP contribution in [0, 0.1) is 5.41 Å². The van der Waals surface area contributed by atoms with Crippen LogP contribution in [0.15, 0.2) is 0 Å². The van der Waals surface area contributed by atoms with E-state index in [2.05, 4.69) is 36.4 Å². The fraction of sp³-hybridized carbons (Fsp3) is 0.933. The zero-order chi connectivity index (χ0) is 14.5. The van der Waals surface area contributed by atoms with Crippen LogP contribution in [0.5, 0.6) is 0 Å². The molecule has 1 saturated heterocycles. The number of hydrogen-bond donors (Lipinski definition) is 2. The third-order valence-corrected chi connectivity index (χ3v) is 4.42. The summed E-state index contributed by atoms with van der Waals surface area (Å²) in [6, 6.07) is 0.154. The van der Waals surface area contributed by atoms with Crippen LogP contribution in [-0.4, -0.2) is 49.6 Å². The van der Waals surface area contributed by atoms with Gasteiger partial charge in [0.1, 0.15) is 0 Å². The summed E-state index contributed by atoms with van der Waals surface area (Å²) >= 11 is 0. The highest BCUT2D eigenvalue weighted by atomic mass is 16.2. The van der Waals surface area contributed by atoms with Crippen molar-refractivity contribution < 1.29 is 4.79 Å². The summed E-state index contributed by atoms with van der Waals surface area (Å²) in [6.45, 7) is 11.7. The summed E-state index contributed by atoms with van der Waals surface area (Å²) in [4.78, 5) is 14.3. The molecule has 4 heteroatoms. The Morgan fingerprint density at radius 3 is 2.42 bits per heavy atom. The van der Waals surface area contributed by atoms with Gasteiger partial charge in [-0.25, -0.2) is 0 Å². The second-order valence-electron chi connectivity index (χ2n) is 6.53. The van der Waals surface area contributed by atoms with Gasteiger partial charge in [0.15, 0.2) is 0 Å². The average molecular weight is 269 g/mol. The van der Waals surface area contributed by atoms with Crippen molar-refractivity contribution in [3.05, 3.63) is 0 Å². The maximum atomic E-state index is 12.0. The molecule has 0 aromatic rings. The molecule has 2 unspecified atom stereocenters. The lowest BCUT2D eigenvalue weighted by Crippen LogP contribution is -2.49. The largest absolute Gasteiger partial charge is 0.352 e. The van der Waals surface area contributed by atoms with Gasteiger partial charge in [0.25, 0.3) is 0 Å². The highest BCUT2D eigenvalue weighted by Crippen LogP contribution is 2.29. The second-order valence-corrected chi connectivity index (χ2v) is 6.53. The normalized spacial score (nSPS) is 22.8. The van der Waals surface area contributed by atoms with Crippen LogP contribution in [0.3, 0.4) is 0 Å². The lowest BCUT2D eigenvalue weighted by atomic mass is 9.80. The minimum Gasteiger partial charge on any atom is -0.352 e. The van der Waals surface area contributed by atoms with Crippen molar-refractivity contribution in [1.29, 1.82) is 0 Å². The Bertz CT molecular complexity index is 285. The third kappa shape index (κ3) is 5.49. The molecule has 0 radical (unpaired) electrons. The first kappa shape index (κ1) is 16.4. The number of nitrogens with one attached hydrogen (secondary N) is 2. The molecule has 0 aromatic heterocycles. The van der Waals surface area contributed by atoms with Gasteiger partial charge < -0.3 is 15.5 Å². The quantitative estimate of drug-likeness (QED) is 0.770. The van der Waals surface area contributed by atoms with E-state index in [1.165, 1.54) is 12.8 Å². The molecule has 1 amide bonds. The SMILES string of the molecule is CCC(C)NC(=O)C(C)NCC1(C)CCN(C)CC1. The van der Waals surface area contributed by atoms with Crippen molar-refractivity contribution in [2.45, 2.75) is 59.0 Å². The molecule has 1 fully saturated rings. The van der Waals surface area contributed by atoms with Gasteiger partial charge in [-0.05, 0) is 58.7 Å². The van der Waals surface area contributed by atoms with Crippen LogP contribution in [0.2, 0.25) is 0 Å². The Morgan fingerprint density at radius 1 is 1.32 bits per heavy atom. The number of rotatable bonds is 6. The predicted octanol–water partition coefficient (Wildman–Crippen LogP) is 1.61. The van der Waals surface area contributed by atoms with Gasteiger partial charge in [-0.3, -0.25) is 4.79 Å². The van der Waals surface area contributed by atoms with Crippen LogP contribution in [-0.2, 0) is 4.79 Å². The topological polar surface area (TPSA) is 44.4 Å². The lowest BCUT2D eigenvalue weighted by Gasteiger charge is -2.38. The van der Waals surface area contributed by atoms with Gasteiger partial charge >= 0.3 is 0 Å². The molecule has 0 bridgehead atoms. The van der Waals surface area contributed by atoms with Gasteiger partial charge in [0.05, 0.1) is 6.04 Å². The molecule has 0 spiro atoms. The molecular formula is C15H31N3O. The number of carbonyl (C=O) groups is 1. The van der Waals surface area contributed by atoms with Gasteiger partial charge in [-0.2, -0.15) is 0 Å². The van der Waals surface area contributed by atoms with Gasteiger partial charge in [-0.15, -0.1) is 0 Å². The van der Waals surface area contributed by atoms with Gasteiger partial charge in [0.2, 0.25) is 5.91 Å². The Hall–Kier alpha value is -0.610. The number of amides is 1. The molecule has 112 valence electrons. The summed E-state index contributed by atoms with van der Waals surface area (Å²) in [5, 5.41) is 6.43. The Balaban J connectivity index is 2.33. The van der Waals surface area contributed by atoms with Crippen molar-refractivity contribution in [3.8, 4) is 0 Å². The van der Waals surface area contributed by atoms with Crippen molar-refractivity contribution in [2.24, 2.45) is 5.41 Å². The highest BCUT2D eigenvalue weighted by molar-refractivity contribution is 5.81. The van der Waals surface area contributed by atoms with E-state index in [4.69, 9.17) is 0 Å². The molecule has 0 saturated carbocycles. The van der Waals surface area contributed by atoms with E-state index < -0.39 is 0 Å². The van der Waals surface area contributed by atoms with Crippen molar-refractivity contribution in [3.63, 3.8) is 0 Å². The fourth-order valence-electron chi connectivity index (χ4n) is 2.30. The van der Waals surface area contributed by atoms with E-state index in [-0.39, 0.29) is 18.0 Å². The van der Waals surface area contributed by atoms with Crippen LogP contribution in [0.4, 0.5) is 0 Å². The molecule has 1 aliphatic rings. The van der Waals surface area contributed by atoms with E-state index in [9.17, 15) is 4.79 Å². The Morgan fingerprint density at radius 2 is 1.89 bits per heavy atom. The number of hydrogen-bond acceptors (Lipinski definition) is 3. The van der Waals surface area contributed by atoms with Crippen molar-refractivity contribution >= 4 is 5.91 Å². The first-order chi connectivity index (χ1) is 8.86. The van der Waals surface area contributed by atoms with Gasteiger partial charge in [-0.1, -0.05) is 13.8 Å². The number of piperidine rings is 1. The minimum atomic E-state index is -0.106. The summed E-state index contributed by atoms with van der Waals surface area (Å²) in [6.07, 6.45) is 3.38. The summed E-state index contributed by atoms with van der Waals surface area (Å²) in [5.74, 6) is 0.117. The summed E-state index contributed by atoms with van der Waals surface area (Å²) in [5.41, 5.74) is 0.331. The maximum Gasteiger partial charge on any atom is 0.237 e. The minimum absolute atomic E-state index is 0.106. The van der Waals surface area contributed by atoms with E-state index in [0.29, 0.717) is 5.41 Å². The Kier molecular flexibility index (Phi) is 6.27. The van der Waals surface area contributed by atoms with Crippen LogP contribution in [0.1, 0.15) is 47.0 Å². The molecule has 1 heterocycles. The van der Waals surface area contributed by atoms with E-state index in [1.54, 1.807) is 0 Å². The maximum absolute atomic E-state index is 12.0. The number of carbonyl (C=O) groups excluding carboxylic acids is 1. The summed E-state index contributed by atoms with van der Waals surface area (Å²) < 4.78 is 0. The van der Waals surface area contributed by atoms with Crippen LogP contribution >= 0.6 is 0 Å². The number of nitrogens with zero attached hydrogens (tertiary/aromatic N) is 1. The predicted molar refractivity (Wildman–Crippen MR) is 80.2 cm³/mol. The van der Waals surface area contributed by atoms with Gasteiger partial charge in [0, 0.05) is 12.6 Å². The van der Waals surface area contributed by atoms with Crippen molar-refractivity contribution in [1.82, 2.24) is 15.5 Å². The molecule has 0 aliphatic carbocycles. The molecule has 2 atom stereocenters. The van der Waals surface area contributed by atoms with E-state index >= 15 is 0 Å². The second kappa shape index (κ2) is 7.25. The Labute approximate surface area is 118 Å². The molecule has 1 aliphatic heterocycles. The molecule has 2 N–H and O–H groups in total. The smallest absolute Gasteiger partial charge is 0.237 e. The standard InChI is InChI=1S/C15H31N3O/c1-6-12(2)17-14(19)13(3)16-11-15(4)7-9-18(5)10-8-15/h12-13,16H,6-11H2,1-5H3,(H,17,19). The molecule has 0 aromatic carbocycles. The molecule has 4 nitrogen and oxygen atoms in total. The molecule has 1 rings (SSSR count). The first-order valence-electron chi connectivity index (χ1n) is 7.58. The molecular weight excluding hydrogens is 238 g/mol. The van der Waals surface area contributed by atoms with Crippen molar-refractivity contribution in [2.75, 3.05) is 26.7 Å². The number of likely N-dealkylation sites (tertiary alicyclic amines) is 1. The fourth-order valence-corrected chi connectivity index (χ4v) is 2.30. The van der Waals surface area contributed by atoms with E-state index in [1.807, 2.05) is 13.8 Å². The highest BCUT2D eigenvalue weighted by Gasteiger charge is 2.29. The molecule has 19 heavy (non-hydrogen) atoms. The zero-order valence-corrected chi connectivity index (χ0v) is 13.3. The van der Waals surface area contributed by atoms with Crippen LogP contribution in [0.25, 0.3) is 0 Å².